The first-order valence-corrected chi connectivity index (χ1v) is 8.75. The van der Waals surface area contributed by atoms with Crippen molar-refractivity contribution in [2.24, 2.45) is 5.92 Å². The number of hydrogen-bond donors (Lipinski definition) is 1. The Morgan fingerprint density at radius 2 is 1.75 bits per heavy atom. The minimum atomic E-state index is -0.120. The van der Waals surface area contributed by atoms with Crippen molar-refractivity contribution >= 4 is 5.91 Å². The smallest absolute Gasteiger partial charge is 0.223 e. The molecule has 1 saturated heterocycles. The number of nitrogens with one attached hydrogen (secondary N) is 1. The lowest BCUT2D eigenvalue weighted by Crippen LogP contribution is -2.41. The highest BCUT2D eigenvalue weighted by Crippen LogP contribution is 2.24. The van der Waals surface area contributed by atoms with E-state index in [1.54, 1.807) is 12.4 Å². The minimum Gasteiger partial charge on any atom is -0.345 e. The minimum absolute atomic E-state index is 0.112. The highest BCUT2D eigenvalue weighted by Gasteiger charge is 2.26. The van der Waals surface area contributed by atoms with Crippen molar-refractivity contribution in [1.29, 1.82) is 0 Å². The molecule has 1 N–H and O–H groups in total. The SMILES string of the molecule is CCN1CCC(C(=O)N[C@H](c2ccccc2)c2ccncc2)CC1. The molecular formula is C20H25N3O. The number of carbonyl (C=O) groups is 1. The third-order valence-corrected chi connectivity index (χ3v) is 4.86. The predicted molar refractivity (Wildman–Crippen MR) is 95.5 cm³/mol. The van der Waals surface area contributed by atoms with Crippen LogP contribution in [-0.2, 0) is 4.79 Å². The largest absolute Gasteiger partial charge is 0.345 e. The van der Waals surface area contributed by atoms with Gasteiger partial charge in [-0.3, -0.25) is 9.78 Å². The van der Waals surface area contributed by atoms with Crippen molar-refractivity contribution in [3.8, 4) is 0 Å². The maximum absolute atomic E-state index is 12.8. The maximum atomic E-state index is 12.8. The van der Waals surface area contributed by atoms with Crippen LogP contribution in [0, 0.1) is 5.92 Å². The lowest BCUT2D eigenvalue weighted by molar-refractivity contribution is -0.126. The first kappa shape index (κ1) is 16.7. The zero-order valence-electron chi connectivity index (χ0n) is 14.2. The number of pyridine rings is 1. The Balaban J connectivity index is 1.74. The Bertz CT molecular complexity index is 597. The van der Waals surface area contributed by atoms with E-state index in [0.717, 1.165) is 43.6 Å². The summed E-state index contributed by atoms with van der Waals surface area (Å²) in [6, 6.07) is 14.0. The van der Waals surface area contributed by atoms with Crippen LogP contribution in [0.15, 0.2) is 54.9 Å². The Hall–Kier alpha value is -2.20. The van der Waals surface area contributed by atoms with Gasteiger partial charge in [0.2, 0.25) is 5.91 Å². The summed E-state index contributed by atoms with van der Waals surface area (Å²) < 4.78 is 0. The van der Waals surface area contributed by atoms with E-state index in [1.165, 1.54) is 0 Å². The summed E-state index contributed by atoms with van der Waals surface area (Å²) in [7, 11) is 0. The second-order valence-electron chi connectivity index (χ2n) is 6.34. The molecule has 1 aliphatic rings. The van der Waals surface area contributed by atoms with E-state index in [4.69, 9.17) is 0 Å². The van der Waals surface area contributed by atoms with E-state index in [0.29, 0.717) is 0 Å². The molecule has 0 saturated carbocycles. The van der Waals surface area contributed by atoms with Crippen molar-refractivity contribution in [1.82, 2.24) is 15.2 Å². The van der Waals surface area contributed by atoms with E-state index in [1.807, 2.05) is 30.3 Å². The van der Waals surface area contributed by atoms with Crippen LogP contribution in [0.1, 0.15) is 36.9 Å². The summed E-state index contributed by atoms with van der Waals surface area (Å²) in [5.41, 5.74) is 2.17. The van der Waals surface area contributed by atoms with E-state index in [-0.39, 0.29) is 17.9 Å². The molecule has 4 nitrogen and oxygen atoms in total. The fourth-order valence-electron chi connectivity index (χ4n) is 3.33. The van der Waals surface area contributed by atoms with Gasteiger partial charge in [0, 0.05) is 18.3 Å². The van der Waals surface area contributed by atoms with Gasteiger partial charge in [0.1, 0.15) is 0 Å². The van der Waals surface area contributed by atoms with Gasteiger partial charge < -0.3 is 10.2 Å². The third kappa shape index (κ3) is 4.01. The fourth-order valence-corrected chi connectivity index (χ4v) is 3.33. The fraction of sp³-hybridized carbons (Fsp3) is 0.400. The van der Waals surface area contributed by atoms with E-state index in [9.17, 15) is 4.79 Å². The molecule has 0 spiro atoms. The zero-order valence-corrected chi connectivity index (χ0v) is 14.2. The van der Waals surface area contributed by atoms with Gasteiger partial charge in [0.25, 0.3) is 0 Å². The Morgan fingerprint density at radius 3 is 2.38 bits per heavy atom. The molecule has 1 aliphatic heterocycles. The standard InChI is InChI=1S/C20H25N3O/c1-2-23-14-10-18(11-15-23)20(24)22-19(16-6-4-3-5-7-16)17-8-12-21-13-9-17/h3-9,12-13,18-19H,2,10-11,14-15H2,1H3,(H,22,24)/t19-/m1/s1. The van der Waals surface area contributed by atoms with Gasteiger partial charge in [0.15, 0.2) is 0 Å². The second-order valence-corrected chi connectivity index (χ2v) is 6.34. The predicted octanol–water partition coefficient (Wildman–Crippen LogP) is 3.02. The molecule has 1 amide bonds. The second kappa shape index (κ2) is 8.06. The molecule has 1 fully saturated rings. The molecule has 0 bridgehead atoms. The van der Waals surface area contributed by atoms with E-state index >= 15 is 0 Å². The van der Waals surface area contributed by atoms with Gasteiger partial charge in [-0.2, -0.15) is 0 Å². The number of aromatic nitrogens is 1. The molecule has 1 aromatic carbocycles. The van der Waals surface area contributed by atoms with Crippen molar-refractivity contribution in [3.05, 3.63) is 66.0 Å². The van der Waals surface area contributed by atoms with Gasteiger partial charge in [-0.1, -0.05) is 37.3 Å². The normalized spacial score (nSPS) is 17.4. The van der Waals surface area contributed by atoms with Crippen LogP contribution in [0.3, 0.4) is 0 Å². The quantitative estimate of drug-likeness (QED) is 0.920. The molecule has 1 aromatic heterocycles. The number of carbonyl (C=O) groups excluding carboxylic acids is 1. The number of piperidine rings is 1. The molecular weight excluding hydrogens is 298 g/mol. The third-order valence-electron chi connectivity index (χ3n) is 4.86. The molecule has 1 atom stereocenters. The molecule has 2 heterocycles. The monoisotopic (exact) mass is 323 g/mol. The molecule has 3 rings (SSSR count). The summed E-state index contributed by atoms with van der Waals surface area (Å²) >= 11 is 0. The van der Waals surface area contributed by atoms with Crippen LogP contribution in [0.4, 0.5) is 0 Å². The molecule has 0 unspecified atom stereocenters. The number of hydrogen-bond acceptors (Lipinski definition) is 3. The Kier molecular flexibility index (Phi) is 5.59. The van der Waals surface area contributed by atoms with Gasteiger partial charge in [0.05, 0.1) is 6.04 Å². The molecule has 4 heteroatoms. The first-order chi connectivity index (χ1) is 11.8. The number of benzene rings is 1. The molecule has 2 aromatic rings. The highest BCUT2D eigenvalue weighted by molar-refractivity contribution is 5.79. The van der Waals surface area contributed by atoms with E-state index < -0.39 is 0 Å². The average Bonchev–Trinajstić information content (AvgIpc) is 2.67. The maximum Gasteiger partial charge on any atom is 0.223 e. The van der Waals surface area contributed by atoms with Crippen molar-refractivity contribution in [2.45, 2.75) is 25.8 Å². The van der Waals surface area contributed by atoms with Crippen LogP contribution in [0.5, 0.6) is 0 Å². The molecule has 126 valence electrons. The van der Waals surface area contributed by atoms with Crippen LogP contribution < -0.4 is 5.32 Å². The number of nitrogens with zero attached hydrogens (tertiary/aromatic N) is 2. The lowest BCUT2D eigenvalue weighted by atomic mass is 9.93. The summed E-state index contributed by atoms with van der Waals surface area (Å²) in [5, 5.41) is 3.27. The topological polar surface area (TPSA) is 45.2 Å². The average molecular weight is 323 g/mol. The van der Waals surface area contributed by atoms with Gasteiger partial charge in [-0.15, -0.1) is 0 Å². The number of amides is 1. The van der Waals surface area contributed by atoms with Crippen LogP contribution in [0.25, 0.3) is 0 Å². The summed E-state index contributed by atoms with van der Waals surface area (Å²) in [5.74, 6) is 0.275. The van der Waals surface area contributed by atoms with Gasteiger partial charge in [-0.25, -0.2) is 0 Å². The van der Waals surface area contributed by atoms with E-state index in [2.05, 4.69) is 34.3 Å². The van der Waals surface area contributed by atoms with Gasteiger partial charge >= 0.3 is 0 Å². The Morgan fingerprint density at radius 1 is 1.12 bits per heavy atom. The molecule has 0 aliphatic carbocycles. The summed E-state index contributed by atoms with van der Waals surface area (Å²) in [6.07, 6.45) is 5.43. The van der Waals surface area contributed by atoms with Gasteiger partial charge in [-0.05, 0) is 55.7 Å². The van der Waals surface area contributed by atoms with Crippen LogP contribution in [-0.4, -0.2) is 35.4 Å². The van der Waals surface area contributed by atoms with Crippen molar-refractivity contribution in [3.63, 3.8) is 0 Å². The highest BCUT2D eigenvalue weighted by atomic mass is 16.1. The Labute approximate surface area is 143 Å². The van der Waals surface area contributed by atoms with Crippen molar-refractivity contribution < 1.29 is 4.79 Å². The summed E-state index contributed by atoms with van der Waals surface area (Å²) in [6.45, 7) is 5.27. The van der Waals surface area contributed by atoms with Crippen LogP contribution >= 0.6 is 0 Å². The first-order valence-electron chi connectivity index (χ1n) is 8.75. The lowest BCUT2D eigenvalue weighted by Gasteiger charge is -2.31. The van der Waals surface area contributed by atoms with Crippen LogP contribution in [0.2, 0.25) is 0 Å². The molecule has 24 heavy (non-hydrogen) atoms. The zero-order chi connectivity index (χ0) is 16.8. The number of rotatable bonds is 5. The van der Waals surface area contributed by atoms with Crippen molar-refractivity contribution in [2.75, 3.05) is 19.6 Å². The molecule has 0 radical (unpaired) electrons. The number of likely N-dealkylation sites (tertiary alicyclic amines) is 1. The summed E-state index contributed by atoms with van der Waals surface area (Å²) in [4.78, 5) is 19.3.